The molecule has 28 heavy (non-hydrogen) atoms. The SMILES string of the molecule is O=C(Nc1ccccc1OCc1cscn1)c1cnc(-c2ccccc2F)s1. The van der Waals surface area contributed by atoms with E-state index in [-0.39, 0.29) is 11.7 Å². The molecule has 2 aromatic heterocycles. The van der Waals surface area contributed by atoms with Crippen molar-refractivity contribution in [3.05, 3.63) is 82.0 Å². The summed E-state index contributed by atoms with van der Waals surface area (Å²) < 4.78 is 19.7. The number of rotatable bonds is 6. The Morgan fingerprint density at radius 1 is 1.11 bits per heavy atom. The lowest BCUT2D eigenvalue weighted by Gasteiger charge is -2.11. The number of nitrogens with one attached hydrogen (secondary N) is 1. The van der Waals surface area contributed by atoms with Gasteiger partial charge in [-0.15, -0.1) is 22.7 Å². The Hall–Kier alpha value is -3.10. The summed E-state index contributed by atoms with van der Waals surface area (Å²) in [5.41, 5.74) is 3.48. The van der Waals surface area contributed by atoms with Gasteiger partial charge in [0.2, 0.25) is 0 Å². The van der Waals surface area contributed by atoms with E-state index < -0.39 is 0 Å². The zero-order chi connectivity index (χ0) is 19.3. The van der Waals surface area contributed by atoms with Crippen molar-refractivity contribution < 1.29 is 13.9 Å². The van der Waals surface area contributed by atoms with Gasteiger partial charge in [0, 0.05) is 10.9 Å². The summed E-state index contributed by atoms with van der Waals surface area (Å²) in [5, 5.41) is 5.19. The zero-order valence-electron chi connectivity index (χ0n) is 14.5. The molecule has 4 aromatic rings. The van der Waals surface area contributed by atoms with Crippen LogP contribution in [0.25, 0.3) is 10.6 Å². The molecule has 0 aliphatic heterocycles. The van der Waals surface area contributed by atoms with E-state index in [9.17, 15) is 9.18 Å². The third kappa shape index (κ3) is 4.08. The number of benzene rings is 2. The van der Waals surface area contributed by atoms with Crippen LogP contribution < -0.4 is 10.1 Å². The van der Waals surface area contributed by atoms with Crippen molar-refractivity contribution in [1.82, 2.24) is 9.97 Å². The third-order valence-corrected chi connectivity index (χ3v) is 5.49. The first-order valence-corrected chi connectivity index (χ1v) is 10.1. The van der Waals surface area contributed by atoms with Gasteiger partial charge in [-0.2, -0.15) is 0 Å². The minimum atomic E-state index is -0.371. The van der Waals surface area contributed by atoms with E-state index in [2.05, 4.69) is 15.3 Å². The molecule has 140 valence electrons. The van der Waals surface area contributed by atoms with Crippen LogP contribution in [-0.4, -0.2) is 15.9 Å². The molecule has 1 amide bonds. The van der Waals surface area contributed by atoms with Crippen LogP contribution in [0.1, 0.15) is 15.4 Å². The van der Waals surface area contributed by atoms with Gasteiger partial charge in [-0.25, -0.2) is 14.4 Å². The van der Waals surface area contributed by atoms with Crippen LogP contribution in [0.4, 0.5) is 10.1 Å². The smallest absolute Gasteiger partial charge is 0.267 e. The molecule has 4 rings (SSSR count). The van der Waals surface area contributed by atoms with Gasteiger partial charge in [-0.05, 0) is 24.3 Å². The van der Waals surface area contributed by atoms with Gasteiger partial charge in [0.25, 0.3) is 5.91 Å². The molecular formula is C20H14FN3O2S2. The molecule has 0 atom stereocenters. The number of ether oxygens (including phenoxy) is 1. The summed E-state index contributed by atoms with van der Waals surface area (Å²) in [5.74, 6) is -0.155. The number of amides is 1. The molecule has 0 saturated carbocycles. The van der Waals surface area contributed by atoms with Crippen LogP contribution >= 0.6 is 22.7 Å². The van der Waals surface area contributed by atoms with Crippen LogP contribution in [0.2, 0.25) is 0 Å². The maximum atomic E-state index is 13.9. The van der Waals surface area contributed by atoms with Crippen LogP contribution in [0.15, 0.2) is 65.6 Å². The second kappa shape index (κ2) is 8.28. The minimum absolute atomic E-state index is 0.314. The van der Waals surface area contributed by atoms with Crippen molar-refractivity contribution in [1.29, 1.82) is 0 Å². The molecule has 0 fully saturated rings. The molecule has 8 heteroatoms. The Morgan fingerprint density at radius 3 is 2.75 bits per heavy atom. The molecule has 0 radical (unpaired) electrons. The molecular weight excluding hydrogens is 397 g/mol. The molecule has 0 saturated heterocycles. The first-order valence-electron chi connectivity index (χ1n) is 8.31. The van der Waals surface area contributed by atoms with Gasteiger partial charge in [0.15, 0.2) is 0 Å². The number of carbonyl (C=O) groups is 1. The Bertz CT molecular complexity index is 1100. The van der Waals surface area contributed by atoms with Gasteiger partial charge >= 0.3 is 0 Å². The van der Waals surface area contributed by atoms with E-state index in [1.54, 1.807) is 35.8 Å². The highest BCUT2D eigenvalue weighted by atomic mass is 32.1. The summed E-state index contributed by atoms with van der Waals surface area (Å²) in [6.45, 7) is 0.314. The second-order valence-corrected chi connectivity index (χ2v) is 7.48. The zero-order valence-corrected chi connectivity index (χ0v) is 16.1. The van der Waals surface area contributed by atoms with Gasteiger partial charge < -0.3 is 10.1 Å². The predicted molar refractivity (Wildman–Crippen MR) is 108 cm³/mol. The number of para-hydroxylation sites is 2. The maximum Gasteiger partial charge on any atom is 0.267 e. The first-order chi connectivity index (χ1) is 13.7. The summed E-state index contributed by atoms with van der Waals surface area (Å²) in [7, 11) is 0. The monoisotopic (exact) mass is 411 g/mol. The average Bonchev–Trinajstić information content (AvgIpc) is 3.40. The van der Waals surface area contributed by atoms with Crippen LogP contribution in [0.5, 0.6) is 5.75 Å². The van der Waals surface area contributed by atoms with Crippen molar-refractivity contribution in [3.8, 4) is 16.3 Å². The Morgan fingerprint density at radius 2 is 1.93 bits per heavy atom. The third-order valence-electron chi connectivity index (χ3n) is 3.83. The maximum absolute atomic E-state index is 13.9. The fourth-order valence-corrected chi connectivity index (χ4v) is 3.86. The van der Waals surface area contributed by atoms with Crippen molar-refractivity contribution in [3.63, 3.8) is 0 Å². The molecule has 1 N–H and O–H groups in total. The van der Waals surface area contributed by atoms with E-state index in [4.69, 9.17) is 4.74 Å². The normalized spacial score (nSPS) is 10.6. The first kappa shape index (κ1) is 18.3. The molecule has 0 aliphatic carbocycles. The van der Waals surface area contributed by atoms with Crippen LogP contribution in [-0.2, 0) is 6.61 Å². The number of halogens is 1. The summed E-state index contributed by atoms with van der Waals surface area (Å²) in [6.07, 6.45) is 1.44. The largest absolute Gasteiger partial charge is 0.485 e. The van der Waals surface area contributed by atoms with E-state index in [0.29, 0.717) is 33.5 Å². The lowest BCUT2D eigenvalue weighted by Crippen LogP contribution is -2.11. The fourth-order valence-electron chi connectivity index (χ4n) is 2.48. The predicted octanol–water partition coefficient (Wildman–Crippen LogP) is 5.24. The minimum Gasteiger partial charge on any atom is -0.485 e. The topological polar surface area (TPSA) is 64.1 Å². The van der Waals surface area contributed by atoms with Gasteiger partial charge in [0.1, 0.15) is 28.1 Å². The van der Waals surface area contributed by atoms with Gasteiger partial charge in [-0.3, -0.25) is 4.79 Å². The number of hydrogen-bond acceptors (Lipinski definition) is 6. The fraction of sp³-hybridized carbons (Fsp3) is 0.0500. The highest BCUT2D eigenvalue weighted by Crippen LogP contribution is 2.29. The van der Waals surface area contributed by atoms with E-state index in [1.807, 2.05) is 17.5 Å². The number of aromatic nitrogens is 2. The molecule has 0 bridgehead atoms. The highest BCUT2D eigenvalue weighted by Gasteiger charge is 2.15. The van der Waals surface area contributed by atoms with E-state index >= 15 is 0 Å². The molecule has 0 aliphatic rings. The number of nitrogens with zero attached hydrogens (tertiary/aromatic N) is 2. The average molecular weight is 411 g/mol. The van der Waals surface area contributed by atoms with Crippen molar-refractivity contribution in [2.75, 3.05) is 5.32 Å². The number of hydrogen-bond donors (Lipinski definition) is 1. The number of anilines is 1. The summed E-state index contributed by atoms with van der Waals surface area (Å²) >= 11 is 2.63. The summed E-state index contributed by atoms with van der Waals surface area (Å²) in [6, 6.07) is 13.5. The lowest BCUT2D eigenvalue weighted by molar-refractivity contribution is 0.102. The molecule has 2 aromatic carbocycles. The Kier molecular flexibility index (Phi) is 5.41. The number of thiazole rings is 2. The highest BCUT2D eigenvalue weighted by molar-refractivity contribution is 7.17. The standard InChI is InChI=1S/C20H14FN3O2S2/c21-15-6-2-1-5-14(15)20-22-9-18(28-20)19(25)24-16-7-3-4-8-17(16)26-10-13-11-27-12-23-13/h1-9,11-12H,10H2,(H,24,25). The molecule has 0 unspecified atom stereocenters. The van der Waals surface area contributed by atoms with Crippen LogP contribution in [0.3, 0.4) is 0 Å². The van der Waals surface area contributed by atoms with E-state index in [0.717, 1.165) is 17.0 Å². The van der Waals surface area contributed by atoms with Crippen LogP contribution in [0, 0.1) is 5.82 Å². The Labute approximate surface area is 168 Å². The molecule has 2 heterocycles. The van der Waals surface area contributed by atoms with Gasteiger partial charge in [-0.1, -0.05) is 24.3 Å². The Balaban J connectivity index is 1.49. The van der Waals surface area contributed by atoms with Crippen molar-refractivity contribution >= 4 is 34.3 Å². The quantitative estimate of drug-likeness (QED) is 0.471. The summed E-state index contributed by atoms with van der Waals surface area (Å²) in [4.78, 5) is 21.4. The van der Waals surface area contributed by atoms with Gasteiger partial charge in [0.05, 0.1) is 23.1 Å². The number of carbonyl (C=O) groups excluding carboxylic acids is 1. The second-order valence-electron chi connectivity index (χ2n) is 5.73. The van der Waals surface area contributed by atoms with E-state index in [1.165, 1.54) is 23.6 Å². The lowest BCUT2D eigenvalue weighted by atomic mass is 10.2. The molecule has 0 spiro atoms. The molecule has 5 nitrogen and oxygen atoms in total. The van der Waals surface area contributed by atoms with Crippen molar-refractivity contribution in [2.45, 2.75) is 6.61 Å². The van der Waals surface area contributed by atoms with Crippen molar-refractivity contribution in [2.24, 2.45) is 0 Å².